The van der Waals surface area contributed by atoms with Crippen molar-refractivity contribution in [3.05, 3.63) is 71.3 Å². The van der Waals surface area contributed by atoms with Crippen LogP contribution in [0.15, 0.2) is 59.5 Å². The van der Waals surface area contributed by atoms with Gasteiger partial charge < -0.3 is 24.3 Å². The average molecular weight is 543 g/mol. The number of aryl methyl sites for hydroxylation is 2. The minimum Gasteiger partial charge on any atom is -0.497 e. The number of hydrogen-bond acceptors (Lipinski definition) is 7. The maximum Gasteiger partial charge on any atom is 0.265 e. The summed E-state index contributed by atoms with van der Waals surface area (Å²) in [5.41, 5.74) is 3.23. The van der Waals surface area contributed by atoms with E-state index in [-0.39, 0.29) is 28.1 Å². The highest BCUT2D eigenvalue weighted by Crippen LogP contribution is 2.37. The molecule has 3 aromatic rings. The molecule has 0 aliphatic heterocycles. The lowest BCUT2D eigenvalue weighted by Crippen LogP contribution is -2.41. The van der Waals surface area contributed by atoms with Crippen molar-refractivity contribution in [3.8, 4) is 23.0 Å². The third kappa shape index (κ3) is 6.13. The van der Waals surface area contributed by atoms with E-state index >= 15 is 0 Å². The molecule has 0 heterocycles. The van der Waals surface area contributed by atoms with E-state index in [1.807, 2.05) is 39.0 Å². The molecule has 0 aliphatic carbocycles. The number of rotatable bonds is 11. The van der Waals surface area contributed by atoms with Gasteiger partial charge in [-0.2, -0.15) is 0 Å². The summed E-state index contributed by atoms with van der Waals surface area (Å²) in [5.74, 6) is 0.768. The topological polar surface area (TPSA) is 103 Å². The molecule has 3 rings (SSSR count). The quantitative estimate of drug-likeness (QED) is 0.383. The third-order valence-corrected chi connectivity index (χ3v) is 7.91. The summed E-state index contributed by atoms with van der Waals surface area (Å²) in [7, 11) is 1.49. The molecule has 38 heavy (non-hydrogen) atoms. The van der Waals surface area contributed by atoms with Crippen LogP contribution in [-0.2, 0) is 14.8 Å². The lowest BCUT2D eigenvalue weighted by Gasteiger charge is -2.27. The molecule has 9 nitrogen and oxygen atoms in total. The van der Waals surface area contributed by atoms with Crippen LogP contribution in [0.25, 0.3) is 0 Å². The van der Waals surface area contributed by atoms with Gasteiger partial charge in [-0.3, -0.25) is 9.10 Å². The fourth-order valence-corrected chi connectivity index (χ4v) is 5.64. The summed E-state index contributed by atoms with van der Waals surface area (Å²) in [5, 5.41) is 2.93. The Morgan fingerprint density at radius 2 is 1.50 bits per heavy atom. The van der Waals surface area contributed by atoms with Crippen LogP contribution in [0.1, 0.15) is 29.7 Å². The van der Waals surface area contributed by atoms with E-state index in [1.54, 1.807) is 12.1 Å². The number of nitrogens with one attached hydrogen (secondary N) is 1. The van der Waals surface area contributed by atoms with Crippen molar-refractivity contribution < 1.29 is 32.2 Å². The maximum atomic E-state index is 14.0. The first kappa shape index (κ1) is 28.6. The number of amides is 1. The van der Waals surface area contributed by atoms with E-state index < -0.39 is 22.5 Å². The van der Waals surface area contributed by atoms with Gasteiger partial charge in [0.2, 0.25) is 5.91 Å². The fraction of sp³-hybridized carbons (Fsp3) is 0.321. The predicted octanol–water partition coefficient (Wildman–Crippen LogP) is 4.41. The van der Waals surface area contributed by atoms with Crippen molar-refractivity contribution >= 4 is 21.6 Å². The number of methoxy groups -OCH3 is 4. The summed E-state index contributed by atoms with van der Waals surface area (Å²) in [6.45, 7) is 5.32. The van der Waals surface area contributed by atoms with Gasteiger partial charge in [-0.15, -0.1) is 0 Å². The number of sulfonamides is 1. The van der Waals surface area contributed by atoms with E-state index in [2.05, 4.69) is 5.32 Å². The van der Waals surface area contributed by atoms with E-state index in [1.165, 1.54) is 52.7 Å². The van der Waals surface area contributed by atoms with Crippen molar-refractivity contribution in [1.82, 2.24) is 5.32 Å². The Morgan fingerprint density at radius 1 is 0.842 bits per heavy atom. The molecule has 0 unspecified atom stereocenters. The Kier molecular flexibility index (Phi) is 9.11. The number of anilines is 1. The minimum atomic E-state index is -4.28. The predicted molar refractivity (Wildman–Crippen MR) is 146 cm³/mol. The van der Waals surface area contributed by atoms with Crippen LogP contribution >= 0.6 is 0 Å². The first-order valence-corrected chi connectivity index (χ1v) is 13.3. The van der Waals surface area contributed by atoms with Crippen LogP contribution in [0.4, 0.5) is 5.69 Å². The number of carbonyl (C=O) groups is 1. The van der Waals surface area contributed by atoms with Gasteiger partial charge in [-0.1, -0.05) is 23.8 Å². The summed E-state index contributed by atoms with van der Waals surface area (Å²) in [6.07, 6.45) is 0. The second-order valence-corrected chi connectivity index (χ2v) is 10.6. The molecule has 0 aliphatic rings. The van der Waals surface area contributed by atoms with Crippen LogP contribution < -0.4 is 28.6 Å². The molecule has 0 radical (unpaired) electrons. The number of benzene rings is 3. The first-order chi connectivity index (χ1) is 18.0. The van der Waals surface area contributed by atoms with Gasteiger partial charge in [0, 0.05) is 12.1 Å². The zero-order valence-electron chi connectivity index (χ0n) is 22.7. The fourth-order valence-electron chi connectivity index (χ4n) is 4.20. The van der Waals surface area contributed by atoms with E-state index in [4.69, 9.17) is 18.9 Å². The number of hydrogen-bond donors (Lipinski definition) is 1. The Balaban J connectivity index is 2.05. The largest absolute Gasteiger partial charge is 0.497 e. The van der Waals surface area contributed by atoms with Gasteiger partial charge in [0.25, 0.3) is 10.0 Å². The highest BCUT2D eigenvalue weighted by molar-refractivity contribution is 7.92. The smallest absolute Gasteiger partial charge is 0.265 e. The number of carbonyl (C=O) groups excluding carboxylic acids is 1. The SMILES string of the molecule is COc1ccc(OC)c(N(CC(=O)N[C@@H](C)c2ccc(C)cc2C)S(=O)(=O)c2ccc(OC)c(OC)c2)c1. The van der Waals surface area contributed by atoms with Crippen LogP contribution in [0, 0.1) is 13.8 Å². The molecule has 0 fully saturated rings. The molecule has 1 atom stereocenters. The molecular weight excluding hydrogens is 508 g/mol. The molecule has 0 aromatic heterocycles. The summed E-state index contributed by atoms with van der Waals surface area (Å²) >= 11 is 0. The third-order valence-electron chi connectivity index (χ3n) is 6.15. The summed E-state index contributed by atoms with van der Waals surface area (Å²) < 4.78 is 50.4. The molecule has 1 amide bonds. The summed E-state index contributed by atoms with van der Waals surface area (Å²) in [4.78, 5) is 13.2. The minimum absolute atomic E-state index is 0.0877. The van der Waals surface area contributed by atoms with Crippen molar-refractivity contribution in [3.63, 3.8) is 0 Å². The zero-order valence-corrected chi connectivity index (χ0v) is 23.5. The molecule has 1 N–H and O–H groups in total. The van der Waals surface area contributed by atoms with E-state index in [0.29, 0.717) is 11.5 Å². The molecule has 10 heteroatoms. The highest BCUT2D eigenvalue weighted by atomic mass is 32.2. The first-order valence-electron chi connectivity index (χ1n) is 11.9. The van der Waals surface area contributed by atoms with Gasteiger partial charge in [0.1, 0.15) is 18.0 Å². The molecular formula is C28H34N2O7S. The van der Waals surface area contributed by atoms with Gasteiger partial charge in [0.15, 0.2) is 11.5 Å². The Hall–Kier alpha value is -3.92. The molecule has 0 saturated heterocycles. The summed E-state index contributed by atoms with van der Waals surface area (Å²) in [6, 6.07) is 14.6. The zero-order chi connectivity index (χ0) is 28.0. The van der Waals surface area contributed by atoms with Crippen LogP contribution in [0.3, 0.4) is 0 Å². The van der Waals surface area contributed by atoms with Gasteiger partial charge in [0.05, 0.1) is 45.1 Å². The van der Waals surface area contributed by atoms with Gasteiger partial charge in [-0.25, -0.2) is 8.42 Å². The van der Waals surface area contributed by atoms with Gasteiger partial charge >= 0.3 is 0 Å². The molecule has 0 spiro atoms. The van der Waals surface area contributed by atoms with Crippen molar-refractivity contribution in [2.75, 3.05) is 39.3 Å². The Labute approximate surface area is 224 Å². The molecule has 204 valence electrons. The highest BCUT2D eigenvalue weighted by Gasteiger charge is 2.31. The lowest BCUT2D eigenvalue weighted by molar-refractivity contribution is -0.120. The molecule has 3 aromatic carbocycles. The standard InChI is InChI=1S/C28H34N2O7S/c1-18-8-11-23(19(2)14-18)20(3)29-28(31)17-30(24-15-21(34-4)9-12-25(24)35-5)38(32,33)22-10-13-26(36-6)27(16-22)37-7/h8-16,20H,17H2,1-7H3,(H,29,31)/t20-/m0/s1. The van der Waals surface area contributed by atoms with Crippen molar-refractivity contribution in [2.45, 2.75) is 31.7 Å². The van der Waals surface area contributed by atoms with E-state index in [0.717, 1.165) is 21.0 Å². The Bertz CT molecular complexity index is 1410. The molecule has 0 saturated carbocycles. The lowest BCUT2D eigenvalue weighted by atomic mass is 10.0. The second-order valence-electron chi connectivity index (χ2n) is 8.72. The molecule has 0 bridgehead atoms. The van der Waals surface area contributed by atoms with Crippen LogP contribution in [0.5, 0.6) is 23.0 Å². The second kappa shape index (κ2) is 12.1. The maximum absolute atomic E-state index is 14.0. The average Bonchev–Trinajstić information content (AvgIpc) is 2.90. The van der Waals surface area contributed by atoms with Crippen molar-refractivity contribution in [2.24, 2.45) is 0 Å². The van der Waals surface area contributed by atoms with E-state index in [9.17, 15) is 13.2 Å². The van der Waals surface area contributed by atoms with Crippen molar-refractivity contribution in [1.29, 1.82) is 0 Å². The van der Waals surface area contributed by atoms with Gasteiger partial charge in [-0.05, 0) is 56.2 Å². The monoisotopic (exact) mass is 542 g/mol. The number of ether oxygens (including phenoxy) is 4. The normalized spacial score (nSPS) is 11.9. The number of nitrogens with zero attached hydrogens (tertiary/aromatic N) is 1. The van der Waals surface area contributed by atoms with Crippen LogP contribution in [-0.4, -0.2) is 49.3 Å². The Morgan fingerprint density at radius 3 is 2.11 bits per heavy atom. The van der Waals surface area contributed by atoms with Crippen LogP contribution in [0.2, 0.25) is 0 Å².